The van der Waals surface area contributed by atoms with E-state index in [-0.39, 0.29) is 0 Å². The Balaban J connectivity index is 3.01. The molecule has 12 heavy (non-hydrogen) atoms. The monoisotopic (exact) mass is 158 g/mol. The Labute approximate surface area is 74.2 Å². The van der Waals surface area contributed by atoms with Gasteiger partial charge in [0.2, 0.25) is 0 Å². The van der Waals surface area contributed by atoms with Gasteiger partial charge in [0.25, 0.3) is 0 Å². The summed E-state index contributed by atoms with van der Waals surface area (Å²) in [6.07, 6.45) is 5.82. The number of rotatable bonds is 2. The van der Waals surface area contributed by atoms with Crippen molar-refractivity contribution in [2.45, 2.75) is 13.8 Å². The Kier molecular flexibility index (Phi) is 2.87. The number of benzene rings is 1. The van der Waals surface area contributed by atoms with Gasteiger partial charge in [0.05, 0.1) is 0 Å². The van der Waals surface area contributed by atoms with Crippen LogP contribution in [0.4, 0.5) is 0 Å². The van der Waals surface area contributed by atoms with Crippen molar-refractivity contribution in [1.29, 1.82) is 0 Å². The van der Waals surface area contributed by atoms with E-state index < -0.39 is 0 Å². The van der Waals surface area contributed by atoms with Crippen molar-refractivity contribution >= 4 is 6.08 Å². The minimum Gasteiger partial charge on any atom is -0.0991 e. The molecule has 0 spiro atoms. The van der Waals surface area contributed by atoms with Crippen molar-refractivity contribution < 1.29 is 0 Å². The van der Waals surface area contributed by atoms with Gasteiger partial charge in [0.1, 0.15) is 0 Å². The van der Waals surface area contributed by atoms with Crippen molar-refractivity contribution in [1.82, 2.24) is 0 Å². The molecule has 0 fully saturated rings. The first-order valence-corrected chi connectivity index (χ1v) is 4.10. The zero-order valence-corrected chi connectivity index (χ0v) is 7.67. The van der Waals surface area contributed by atoms with E-state index in [9.17, 15) is 0 Å². The molecule has 0 aliphatic carbocycles. The predicted molar refractivity (Wildman–Crippen MR) is 55.1 cm³/mol. The van der Waals surface area contributed by atoms with Gasteiger partial charge >= 0.3 is 0 Å². The summed E-state index contributed by atoms with van der Waals surface area (Å²) in [5.41, 5.74) is 3.89. The third kappa shape index (κ3) is 2.09. The molecule has 62 valence electrons. The van der Waals surface area contributed by atoms with E-state index in [1.807, 2.05) is 6.08 Å². The lowest BCUT2D eigenvalue weighted by Gasteiger charge is -2.00. The van der Waals surface area contributed by atoms with Gasteiger partial charge in [-0.25, -0.2) is 0 Å². The summed E-state index contributed by atoms with van der Waals surface area (Å²) in [6, 6.07) is 6.43. The lowest BCUT2D eigenvalue weighted by atomic mass is 10.1. The second-order valence-electron chi connectivity index (χ2n) is 2.95. The third-order valence-corrected chi connectivity index (χ3v) is 1.84. The Hall–Kier alpha value is -1.30. The molecule has 0 nitrogen and oxygen atoms in total. The Morgan fingerprint density at radius 1 is 1.25 bits per heavy atom. The molecule has 0 aromatic heterocycles. The van der Waals surface area contributed by atoms with Crippen LogP contribution in [-0.4, -0.2) is 0 Å². The van der Waals surface area contributed by atoms with E-state index in [0.717, 1.165) is 0 Å². The fourth-order valence-corrected chi connectivity index (χ4v) is 1.18. The van der Waals surface area contributed by atoms with E-state index >= 15 is 0 Å². The van der Waals surface area contributed by atoms with Crippen LogP contribution in [0, 0.1) is 13.8 Å². The van der Waals surface area contributed by atoms with Crippen LogP contribution in [0.1, 0.15) is 16.7 Å². The number of aryl methyl sites for hydroxylation is 2. The Morgan fingerprint density at radius 2 is 2.00 bits per heavy atom. The molecule has 0 saturated heterocycles. The lowest BCUT2D eigenvalue weighted by Crippen LogP contribution is -1.81. The second kappa shape index (κ2) is 3.91. The highest BCUT2D eigenvalue weighted by Gasteiger charge is 1.92. The zero-order chi connectivity index (χ0) is 8.97. The highest BCUT2D eigenvalue weighted by atomic mass is 14.0. The summed E-state index contributed by atoms with van der Waals surface area (Å²) < 4.78 is 0. The molecule has 1 aromatic carbocycles. The van der Waals surface area contributed by atoms with Gasteiger partial charge in [-0.1, -0.05) is 48.6 Å². The summed E-state index contributed by atoms with van der Waals surface area (Å²) in [6.45, 7) is 7.86. The molecule has 0 aliphatic rings. The lowest BCUT2D eigenvalue weighted by molar-refractivity contribution is 1.37. The van der Waals surface area contributed by atoms with Gasteiger partial charge in [0, 0.05) is 0 Å². The molecule has 1 aromatic rings. The van der Waals surface area contributed by atoms with Crippen LogP contribution in [0.2, 0.25) is 0 Å². The van der Waals surface area contributed by atoms with Crippen LogP contribution in [0.5, 0.6) is 0 Å². The van der Waals surface area contributed by atoms with Crippen LogP contribution in [0.15, 0.2) is 36.9 Å². The van der Waals surface area contributed by atoms with Crippen LogP contribution in [0.3, 0.4) is 0 Å². The molecule has 0 radical (unpaired) electrons. The van der Waals surface area contributed by atoms with E-state index in [1.165, 1.54) is 16.7 Å². The highest BCUT2D eigenvalue weighted by molar-refractivity contribution is 5.55. The van der Waals surface area contributed by atoms with Crippen molar-refractivity contribution in [3.05, 3.63) is 53.6 Å². The normalized spacial score (nSPS) is 10.5. The van der Waals surface area contributed by atoms with E-state index in [2.05, 4.69) is 44.7 Å². The number of allylic oxidation sites excluding steroid dienone is 2. The van der Waals surface area contributed by atoms with Gasteiger partial charge in [-0.05, 0) is 25.0 Å². The van der Waals surface area contributed by atoms with Crippen molar-refractivity contribution in [3.63, 3.8) is 0 Å². The highest BCUT2D eigenvalue weighted by Crippen LogP contribution is 2.11. The average Bonchev–Trinajstić information content (AvgIpc) is 2.03. The molecular formula is C12H14. The summed E-state index contributed by atoms with van der Waals surface area (Å²) in [7, 11) is 0. The smallest absolute Gasteiger partial charge is 0.0227 e. The summed E-state index contributed by atoms with van der Waals surface area (Å²) in [5.74, 6) is 0. The molecule has 0 N–H and O–H groups in total. The minimum atomic E-state index is 1.26. The maximum atomic E-state index is 3.64. The first kappa shape index (κ1) is 8.79. The van der Waals surface area contributed by atoms with Crippen molar-refractivity contribution in [2.75, 3.05) is 0 Å². The topological polar surface area (TPSA) is 0 Å². The first-order valence-electron chi connectivity index (χ1n) is 4.10. The van der Waals surface area contributed by atoms with Gasteiger partial charge < -0.3 is 0 Å². The fraction of sp³-hybridized carbons (Fsp3) is 0.167. The third-order valence-electron chi connectivity index (χ3n) is 1.84. The van der Waals surface area contributed by atoms with Gasteiger partial charge in [-0.15, -0.1) is 0 Å². The van der Waals surface area contributed by atoms with Crippen LogP contribution < -0.4 is 0 Å². The Morgan fingerprint density at radius 3 is 2.58 bits per heavy atom. The molecule has 0 aliphatic heterocycles. The standard InChI is InChI=1S/C12H14/c1-4-5-6-12-8-7-10(2)9-11(12)3/h4-9H,1H2,2-3H3/b6-5-. The van der Waals surface area contributed by atoms with Crippen LogP contribution in [0.25, 0.3) is 6.08 Å². The average molecular weight is 158 g/mol. The molecule has 1 rings (SSSR count). The summed E-state index contributed by atoms with van der Waals surface area (Å²) in [5, 5.41) is 0. The summed E-state index contributed by atoms with van der Waals surface area (Å²) in [4.78, 5) is 0. The molecule has 0 amide bonds. The maximum absolute atomic E-state index is 3.64. The van der Waals surface area contributed by atoms with Gasteiger partial charge in [-0.2, -0.15) is 0 Å². The summed E-state index contributed by atoms with van der Waals surface area (Å²) >= 11 is 0. The molecule has 0 saturated carbocycles. The van der Waals surface area contributed by atoms with E-state index in [1.54, 1.807) is 6.08 Å². The fourth-order valence-electron chi connectivity index (χ4n) is 1.18. The molecule has 0 heterocycles. The first-order chi connectivity index (χ1) is 5.74. The largest absolute Gasteiger partial charge is 0.0991 e. The molecule has 0 bridgehead atoms. The predicted octanol–water partition coefficient (Wildman–Crippen LogP) is 3.50. The zero-order valence-electron chi connectivity index (χ0n) is 7.67. The molecule has 0 heteroatoms. The van der Waals surface area contributed by atoms with Crippen molar-refractivity contribution in [3.8, 4) is 0 Å². The number of hydrogen-bond acceptors (Lipinski definition) is 0. The second-order valence-corrected chi connectivity index (χ2v) is 2.95. The molecule has 0 atom stereocenters. The SMILES string of the molecule is C=C/C=C\c1ccc(C)cc1C. The minimum absolute atomic E-state index is 1.26. The van der Waals surface area contributed by atoms with Gasteiger partial charge in [-0.3, -0.25) is 0 Å². The number of hydrogen-bond donors (Lipinski definition) is 0. The van der Waals surface area contributed by atoms with E-state index in [4.69, 9.17) is 0 Å². The molecule has 0 unspecified atom stereocenters. The van der Waals surface area contributed by atoms with Crippen LogP contribution in [-0.2, 0) is 0 Å². The maximum Gasteiger partial charge on any atom is -0.0227 e. The van der Waals surface area contributed by atoms with Crippen LogP contribution >= 0.6 is 0 Å². The quantitative estimate of drug-likeness (QED) is 0.578. The van der Waals surface area contributed by atoms with Crippen molar-refractivity contribution in [2.24, 2.45) is 0 Å². The molecular weight excluding hydrogens is 144 g/mol. The van der Waals surface area contributed by atoms with Gasteiger partial charge in [0.15, 0.2) is 0 Å². The Bertz CT molecular complexity index is 306. The van der Waals surface area contributed by atoms with E-state index in [0.29, 0.717) is 0 Å².